The van der Waals surface area contributed by atoms with Crippen LogP contribution < -0.4 is 0 Å². The van der Waals surface area contributed by atoms with Crippen LogP contribution in [0.25, 0.3) is 0 Å². The summed E-state index contributed by atoms with van der Waals surface area (Å²) < 4.78 is 8.08. The van der Waals surface area contributed by atoms with Crippen LogP contribution in [0.2, 0.25) is 10.0 Å². The molecule has 0 fully saturated rings. The van der Waals surface area contributed by atoms with E-state index in [1.807, 2.05) is 36.7 Å². The topological polar surface area (TPSA) is 27.1 Å². The van der Waals surface area contributed by atoms with Gasteiger partial charge in [0.25, 0.3) is 0 Å². The lowest BCUT2D eigenvalue weighted by Gasteiger charge is -2.20. The second-order valence-electron chi connectivity index (χ2n) is 4.95. The first-order valence-electron chi connectivity index (χ1n) is 6.73. The van der Waals surface area contributed by atoms with E-state index in [0.29, 0.717) is 21.0 Å². The van der Waals surface area contributed by atoms with Gasteiger partial charge in [-0.05, 0) is 43.8 Å². The number of hydrogen-bond donors (Lipinski definition) is 0. The predicted molar refractivity (Wildman–Crippen MR) is 97.8 cm³/mol. The summed E-state index contributed by atoms with van der Waals surface area (Å²) in [5.41, 5.74) is 0.972. The van der Waals surface area contributed by atoms with E-state index >= 15 is 0 Å². The first-order valence-corrected chi connectivity index (χ1v) is 8.78. The maximum Gasteiger partial charge on any atom is 0.220 e. The fraction of sp³-hybridized carbons (Fsp3) is 0.333. The fourth-order valence-corrected chi connectivity index (χ4v) is 4.09. The van der Waals surface area contributed by atoms with Crippen molar-refractivity contribution in [2.24, 2.45) is 0 Å². The van der Waals surface area contributed by atoms with Gasteiger partial charge in [0.05, 0.1) is 17.7 Å². The molecule has 2 aromatic rings. The maximum atomic E-state index is 6.35. The minimum absolute atomic E-state index is 0.0187. The summed E-state index contributed by atoms with van der Waals surface area (Å²) >= 11 is 19.1. The minimum atomic E-state index is 0.0187. The van der Waals surface area contributed by atoms with Crippen molar-refractivity contribution in [1.82, 2.24) is 9.55 Å². The van der Waals surface area contributed by atoms with Gasteiger partial charge in [-0.25, -0.2) is 4.98 Å². The Kier molecular flexibility index (Phi) is 6.56. The van der Waals surface area contributed by atoms with Gasteiger partial charge in [-0.3, -0.25) is 0 Å². The Morgan fingerprint density at radius 2 is 2.18 bits per heavy atom. The molecule has 1 atom stereocenters. The number of thioether (sulfide) groups is 1. The lowest BCUT2D eigenvalue weighted by Crippen LogP contribution is -2.12. The number of nitrogens with zero attached hydrogens (tertiary/aromatic N) is 2. The molecular formula is C15H16Cl2N2OS2. The molecule has 118 valence electrons. The fourth-order valence-electron chi connectivity index (χ4n) is 1.88. The van der Waals surface area contributed by atoms with Crippen molar-refractivity contribution in [3.05, 3.63) is 52.5 Å². The second kappa shape index (κ2) is 8.20. The number of imidazole rings is 1. The van der Waals surface area contributed by atoms with Crippen LogP contribution in [-0.2, 0) is 11.3 Å². The van der Waals surface area contributed by atoms with E-state index in [0.717, 1.165) is 5.56 Å². The molecule has 3 nitrogen and oxygen atoms in total. The van der Waals surface area contributed by atoms with E-state index in [1.165, 1.54) is 11.8 Å². The molecule has 0 radical (unpaired) electrons. The van der Waals surface area contributed by atoms with E-state index in [4.69, 9.17) is 40.2 Å². The van der Waals surface area contributed by atoms with E-state index in [1.54, 1.807) is 18.6 Å². The van der Waals surface area contributed by atoms with Gasteiger partial charge in [0, 0.05) is 29.0 Å². The van der Waals surface area contributed by atoms with Crippen LogP contribution >= 0.6 is 47.2 Å². The summed E-state index contributed by atoms with van der Waals surface area (Å²) in [4.78, 5) is 4.07. The third kappa shape index (κ3) is 5.16. The number of aromatic nitrogens is 2. The lowest BCUT2D eigenvalue weighted by atomic mass is 10.1. The van der Waals surface area contributed by atoms with E-state index in [2.05, 4.69) is 4.98 Å². The first-order chi connectivity index (χ1) is 10.5. The van der Waals surface area contributed by atoms with Crippen molar-refractivity contribution in [1.29, 1.82) is 0 Å². The molecule has 0 saturated heterocycles. The molecule has 22 heavy (non-hydrogen) atoms. The van der Waals surface area contributed by atoms with Gasteiger partial charge in [0.1, 0.15) is 0 Å². The van der Waals surface area contributed by atoms with Gasteiger partial charge in [-0.1, -0.05) is 41.0 Å². The van der Waals surface area contributed by atoms with Gasteiger partial charge in [-0.15, -0.1) is 0 Å². The molecule has 0 N–H and O–H groups in total. The summed E-state index contributed by atoms with van der Waals surface area (Å²) in [6.07, 6.45) is 5.47. The van der Waals surface area contributed by atoms with Crippen molar-refractivity contribution in [3.8, 4) is 0 Å². The number of rotatable bonds is 5. The number of hydrogen-bond acceptors (Lipinski definition) is 4. The smallest absolute Gasteiger partial charge is 0.220 e. The van der Waals surface area contributed by atoms with Gasteiger partial charge in [0.15, 0.2) is 0 Å². The monoisotopic (exact) mass is 374 g/mol. The quantitative estimate of drug-likeness (QED) is 0.656. The molecule has 2 rings (SSSR count). The molecular weight excluding hydrogens is 359 g/mol. The van der Waals surface area contributed by atoms with Crippen LogP contribution in [0.1, 0.15) is 24.7 Å². The zero-order valence-electron chi connectivity index (χ0n) is 12.2. The van der Waals surface area contributed by atoms with Gasteiger partial charge < -0.3 is 9.30 Å². The van der Waals surface area contributed by atoms with Crippen LogP contribution in [0.3, 0.4) is 0 Å². The molecule has 1 aromatic carbocycles. The summed E-state index contributed by atoms with van der Waals surface area (Å²) in [6.45, 7) is 4.59. The molecule has 1 aromatic heterocycles. The maximum absolute atomic E-state index is 6.35. The van der Waals surface area contributed by atoms with E-state index in [-0.39, 0.29) is 11.4 Å². The van der Waals surface area contributed by atoms with Crippen molar-refractivity contribution < 1.29 is 4.74 Å². The lowest BCUT2D eigenvalue weighted by molar-refractivity contribution is 0.243. The second-order valence-corrected chi connectivity index (χ2v) is 7.60. The van der Waals surface area contributed by atoms with Gasteiger partial charge >= 0.3 is 0 Å². The summed E-state index contributed by atoms with van der Waals surface area (Å²) in [6, 6.07) is 5.50. The highest BCUT2D eigenvalue weighted by Crippen LogP contribution is 2.37. The van der Waals surface area contributed by atoms with Gasteiger partial charge in [-0.2, -0.15) is 0 Å². The summed E-state index contributed by atoms with van der Waals surface area (Å²) in [5.74, 6) is 0. The minimum Gasteiger partial charge on any atom is -0.476 e. The van der Waals surface area contributed by atoms with Crippen molar-refractivity contribution in [2.45, 2.75) is 31.7 Å². The first kappa shape index (κ1) is 17.6. The highest BCUT2D eigenvalue weighted by molar-refractivity contribution is 8.22. The summed E-state index contributed by atoms with van der Waals surface area (Å²) in [5, 5.41) is 1.25. The van der Waals surface area contributed by atoms with E-state index in [9.17, 15) is 0 Å². The Balaban J connectivity index is 2.22. The largest absolute Gasteiger partial charge is 0.476 e. The van der Waals surface area contributed by atoms with Gasteiger partial charge in [0.2, 0.25) is 4.38 Å². The Morgan fingerprint density at radius 1 is 1.41 bits per heavy atom. The number of ether oxygens (including phenoxy) is 1. The molecule has 1 unspecified atom stereocenters. The Hall–Kier alpha value is -0.750. The molecule has 0 spiro atoms. The molecule has 0 amide bonds. The normalized spacial score (nSPS) is 12.4. The highest BCUT2D eigenvalue weighted by atomic mass is 35.5. The highest BCUT2D eigenvalue weighted by Gasteiger charge is 2.20. The SMILES string of the molecule is CC(C)OC(=S)SC(Cn1ccnc1)c1ccc(Cl)cc1Cl. The van der Waals surface area contributed by atoms with Crippen LogP contribution in [0, 0.1) is 0 Å². The van der Waals surface area contributed by atoms with Crippen LogP contribution in [0.4, 0.5) is 0 Å². The molecule has 7 heteroatoms. The molecule has 0 saturated carbocycles. The average molecular weight is 375 g/mol. The zero-order valence-corrected chi connectivity index (χ0v) is 15.3. The van der Waals surface area contributed by atoms with Crippen LogP contribution in [-0.4, -0.2) is 20.0 Å². The Labute approximate surface area is 150 Å². The average Bonchev–Trinajstić information content (AvgIpc) is 2.90. The standard InChI is InChI=1S/C15H16Cl2N2OS2/c1-10(2)20-15(21)22-14(8-19-6-5-18-9-19)12-4-3-11(16)7-13(12)17/h3-7,9-10,14H,8H2,1-2H3. The van der Waals surface area contributed by atoms with Crippen molar-refractivity contribution in [2.75, 3.05) is 0 Å². The number of thiocarbonyl (C=S) groups is 1. The van der Waals surface area contributed by atoms with Crippen LogP contribution in [0.5, 0.6) is 0 Å². The summed E-state index contributed by atoms with van der Waals surface area (Å²) in [7, 11) is 0. The third-order valence-electron chi connectivity index (χ3n) is 2.82. The van der Waals surface area contributed by atoms with Crippen LogP contribution in [0.15, 0.2) is 36.9 Å². The third-order valence-corrected chi connectivity index (χ3v) is 4.74. The van der Waals surface area contributed by atoms with E-state index < -0.39 is 0 Å². The molecule has 1 heterocycles. The zero-order chi connectivity index (χ0) is 16.1. The number of benzene rings is 1. The Morgan fingerprint density at radius 3 is 2.77 bits per heavy atom. The Bertz CT molecular complexity index is 632. The predicted octanol–water partition coefficient (Wildman–Crippen LogP) is 5.37. The molecule has 0 aliphatic carbocycles. The molecule has 0 aliphatic heterocycles. The molecule has 0 aliphatic rings. The van der Waals surface area contributed by atoms with Crippen molar-refractivity contribution in [3.63, 3.8) is 0 Å². The molecule has 0 bridgehead atoms. The van der Waals surface area contributed by atoms with Crippen molar-refractivity contribution >= 4 is 51.6 Å². The number of halogens is 2.